The zero-order valence-corrected chi connectivity index (χ0v) is 9.09. The Morgan fingerprint density at radius 1 is 1.21 bits per heavy atom. The molecule has 2 N–H and O–H groups in total. The molecule has 0 aliphatic heterocycles. The molecule has 1 saturated carbocycles. The Morgan fingerprint density at radius 3 is 2.21 bits per heavy atom. The molecule has 0 saturated heterocycles. The van der Waals surface area contributed by atoms with Gasteiger partial charge in [-0.1, -0.05) is 44.2 Å². The predicted molar refractivity (Wildman–Crippen MR) is 60.0 cm³/mol. The first-order chi connectivity index (χ1) is 6.60. The molecular weight excluding hydrogens is 170 g/mol. The van der Waals surface area contributed by atoms with Crippen molar-refractivity contribution in [3.05, 3.63) is 35.9 Å². The first-order valence-corrected chi connectivity index (χ1v) is 5.34. The number of rotatable bonds is 3. The zero-order valence-electron chi connectivity index (χ0n) is 9.09. The molecule has 1 aliphatic carbocycles. The fourth-order valence-corrected chi connectivity index (χ4v) is 2.51. The molecule has 1 heteroatoms. The molecule has 0 amide bonds. The van der Waals surface area contributed by atoms with E-state index in [0.29, 0.717) is 10.8 Å². The van der Waals surface area contributed by atoms with Crippen molar-refractivity contribution in [3.8, 4) is 0 Å². The van der Waals surface area contributed by atoms with E-state index in [0.717, 1.165) is 13.0 Å². The van der Waals surface area contributed by atoms with Gasteiger partial charge in [0.25, 0.3) is 0 Å². The van der Waals surface area contributed by atoms with Crippen LogP contribution in [0.4, 0.5) is 0 Å². The van der Waals surface area contributed by atoms with E-state index in [9.17, 15) is 0 Å². The van der Waals surface area contributed by atoms with Crippen LogP contribution in [0.15, 0.2) is 30.3 Å². The largest absolute Gasteiger partial charge is 0.330 e. The van der Waals surface area contributed by atoms with Gasteiger partial charge in [0.05, 0.1) is 0 Å². The van der Waals surface area contributed by atoms with Crippen molar-refractivity contribution < 1.29 is 0 Å². The summed E-state index contributed by atoms with van der Waals surface area (Å²) >= 11 is 0. The molecule has 0 radical (unpaired) electrons. The summed E-state index contributed by atoms with van der Waals surface area (Å²) < 4.78 is 0. The molecule has 0 aromatic heterocycles. The SMILES string of the molecule is CC1(C)CC1(CN)Cc1ccccc1. The minimum absolute atomic E-state index is 0.369. The van der Waals surface area contributed by atoms with E-state index in [-0.39, 0.29) is 0 Å². The lowest BCUT2D eigenvalue weighted by Crippen LogP contribution is -2.23. The fourth-order valence-electron chi connectivity index (χ4n) is 2.51. The van der Waals surface area contributed by atoms with Gasteiger partial charge in [-0.15, -0.1) is 0 Å². The van der Waals surface area contributed by atoms with E-state index in [1.165, 1.54) is 12.0 Å². The van der Waals surface area contributed by atoms with Crippen LogP contribution in [0, 0.1) is 10.8 Å². The molecule has 76 valence electrons. The summed E-state index contributed by atoms with van der Waals surface area (Å²) in [6.45, 7) is 5.46. The van der Waals surface area contributed by atoms with Crippen LogP contribution in [0.5, 0.6) is 0 Å². The van der Waals surface area contributed by atoms with Gasteiger partial charge in [-0.25, -0.2) is 0 Å². The molecule has 1 unspecified atom stereocenters. The lowest BCUT2D eigenvalue weighted by Gasteiger charge is -2.18. The molecule has 1 nitrogen and oxygen atoms in total. The molecule has 2 rings (SSSR count). The molecule has 1 aromatic rings. The summed E-state index contributed by atoms with van der Waals surface area (Å²) in [6, 6.07) is 10.7. The number of hydrogen-bond acceptors (Lipinski definition) is 1. The Morgan fingerprint density at radius 2 is 1.79 bits per heavy atom. The summed E-state index contributed by atoms with van der Waals surface area (Å²) in [7, 11) is 0. The van der Waals surface area contributed by atoms with Crippen LogP contribution >= 0.6 is 0 Å². The van der Waals surface area contributed by atoms with Crippen molar-refractivity contribution in [2.45, 2.75) is 26.7 Å². The monoisotopic (exact) mass is 189 g/mol. The quantitative estimate of drug-likeness (QED) is 0.777. The Hall–Kier alpha value is -0.820. The number of benzene rings is 1. The van der Waals surface area contributed by atoms with Gasteiger partial charge < -0.3 is 5.73 Å². The molecule has 1 aromatic carbocycles. The van der Waals surface area contributed by atoms with E-state index in [1.54, 1.807) is 0 Å². The normalized spacial score (nSPS) is 28.8. The molecule has 1 aliphatic rings. The molecule has 0 spiro atoms. The Bertz CT molecular complexity index is 315. The average molecular weight is 189 g/mol. The summed E-state index contributed by atoms with van der Waals surface area (Å²) in [5, 5.41) is 0. The predicted octanol–water partition coefficient (Wildman–Crippen LogP) is 2.60. The fraction of sp³-hybridized carbons (Fsp3) is 0.538. The van der Waals surface area contributed by atoms with Crippen LogP contribution < -0.4 is 5.73 Å². The van der Waals surface area contributed by atoms with E-state index in [2.05, 4.69) is 44.2 Å². The maximum atomic E-state index is 5.89. The van der Waals surface area contributed by atoms with E-state index >= 15 is 0 Å². The third-order valence-corrected chi connectivity index (χ3v) is 3.87. The number of hydrogen-bond donors (Lipinski definition) is 1. The summed E-state index contributed by atoms with van der Waals surface area (Å²) in [4.78, 5) is 0. The summed E-state index contributed by atoms with van der Waals surface area (Å²) in [6.07, 6.45) is 2.41. The van der Waals surface area contributed by atoms with E-state index in [4.69, 9.17) is 5.73 Å². The van der Waals surface area contributed by atoms with Gasteiger partial charge in [-0.2, -0.15) is 0 Å². The number of nitrogens with two attached hydrogens (primary N) is 1. The van der Waals surface area contributed by atoms with Crippen LogP contribution in [-0.2, 0) is 6.42 Å². The zero-order chi connectivity index (χ0) is 10.2. The highest BCUT2D eigenvalue weighted by Crippen LogP contribution is 2.64. The van der Waals surface area contributed by atoms with E-state index in [1.807, 2.05) is 0 Å². The van der Waals surface area contributed by atoms with Crippen LogP contribution in [0.25, 0.3) is 0 Å². The summed E-state index contributed by atoms with van der Waals surface area (Å²) in [5.41, 5.74) is 8.12. The van der Waals surface area contributed by atoms with Crippen molar-refractivity contribution >= 4 is 0 Å². The smallest absolute Gasteiger partial charge is 0.00120 e. The van der Waals surface area contributed by atoms with Crippen molar-refractivity contribution in [1.82, 2.24) is 0 Å². The third kappa shape index (κ3) is 1.46. The van der Waals surface area contributed by atoms with Crippen LogP contribution in [0.3, 0.4) is 0 Å². The Labute approximate surface area is 86.3 Å². The first kappa shape index (κ1) is 9.72. The minimum Gasteiger partial charge on any atom is -0.330 e. The highest BCUT2D eigenvalue weighted by atomic mass is 14.7. The van der Waals surface area contributed by atoms with Gasteiger partial charge in [0, 0.05) is 0 Å². The molecule has 0 heterocycles. The molecule has 14 heavy (non-hydrogen) atoms. The second kappa shape index (κ2) is 3.09. The molecule has 1 fully saturated rings. The topological polar surface area (TPSA) is 26.0 Å². The maximum Gasteiger partial charge on any atom is -0.00120 e. The molecule has 0 bridgehead atoms. The minimum atomic E-state index is 0.369. The van der Waals surface area contributed by atoms with Gasteiger partial charge in [-0.3, -0.25) is 0 Å². The maximum absolute atomic E-state index is 5.89. The van der Waals surface area contributed by atoms with Crippen LogP contribution in [0.2, 0.25) is 0 Å². The van der Waals surface area contributed by atoms with Crippen molar-refractivity contribution in [1.29, 1.82) is 0 Å². The van der Waals surface area contributed by atoms with Crippen LogP contribution in [0.1, 0.15) is 25.8 Å². The van der Waals surface area contributed by atoms with Gasteiger partial charge in [0.2, 0.25) is 0 Å². The first-order valence-electron chi connectivity index (χ1n) is 5.34. The molecule has 1 atom stereocenters. The standard InChI is InChI=1S/C13H19N/c1-12(2)9-13(12,10-14)8-11-6-4-3-5-7-11/h3-7H,8-10,14H2,1-2H3. The van der Waals surface area contributed by atoms with Gasteiger partial charge in [0.15, 0.2) is 0 Å². The van der Waals surface area contributed by atoms with Crippen molar-refractivity contribution in [3.63, 3.8) is 0 Å². The van der Waals surface area contributed by atoms with Gasteiger partial charge >= 0.3 is 0 Å². The lowest BCUT2D eigenvalue weighted by atomic mass is 9.89. The van der Waals surface area contributed by atoms with Crippen molar-refractivity contribution in [2.75, 3.05) is 6.54 Å². The molecular formula is C13H19N. The Kier molecular flexibility index (Phi) is 2.15. The van der Waals surface area contributed by atoms with E-state index < -0.39 is 0 Å². The van der Waals surface area contributed by atoms with Crippen LogP contribution in [-0.4, -0.2) is 6.54 Å². The van der Waals surface area contributed by atoms with Gasteiger partial charge in [0.1, 0.15) is 0 Å². The highest BCUT2D eigenvalue weighted by Gasteiger charge is 2.59. The Balaban J connectivity index is 2.12. The second-order valence-corrected chi connectivity index (χ2v) is 5.21. The average Bonchev–Trinajstić information content (AvgIpc) is 2.70. The van der Waals surface area contributed by atoms with Crippen molar-refractivity contribution in [2.24, 2.45) is 16.6 Å². The summed E-state index contributed by atoms with van der Waals surface area (Å²) in [5.74, 6) is 0. The highest BCUT2D eigenvalue weighted by molar-refractivity contribution is 5.22. The second-order valence-electron chi connectivity index (χ2n) is 5.21. The third-order valence-electron chi connectivity index (χ3n) is 3.87. The van der Waals surface area contributed by atoms with Gasteiger partial charge in [-0.05, 0) is 35.8 Å². The lowest BCUT2D eigenvalue weighted by molar-refractivity contribution is 0.389.